The first-order valence-electron chi connectivity index (χ1n) is 14.4. The Hall–Kier alpha value is -3.92. The van der Waals surface area contributed by atoms with Gasteiger partial charge in [-0.25, -0.2) is 4.39 Å². The van der Waals surface area contributed by atoms with Gasteiger partial charge in [0.05, 0.1) is 5.69 Å². The third-order valence-electron chi connectivity index (χ3n) is 6.83. The van der Waals surface area contributed by atoms with E-state index in [1.54, 1.807) is 19.1 Å². The Balaban J connectivity index is 0.000000271. The van der Waals surface area contributed by atoms with Crippen molar-refractivity contribution in [1.82, 2.24) is 4.98 Å². The number of carbonyl (C=O) groups excluding carboxylic acids is 2. The maximum absolute atomic E-state index is 14.7. The van der Waals surface area contributed by atoms with E-state index in [2.05, 4.69) is 26.8 Å². The zero-order chi connectivity index (χ0) is 30.9. The van der Waals surface area contributed by atoms with Gasteiger partial charge in [0.25, 0.3) is 0 Å². The Morgan fingerprint density at radius 3 is 1.61 bits per heavy atom. The minimum Gasteiger partial charge on any atom is -0.295 e. The Labute approximate surface area is 245 Å². The van der Waals surface area contributed by atoms with Gasteiger partial charge < -0.3 is 0 Å². The zero-order valence-corrected chi connectivity index (χ0v) is 26.2. The summed E-state index contributed by atoms with van der Waals surface area (Å²) in [4.78, 5) is 28.0. The van der Waals surface area contributed by atoms with Crippen molar-refractivity contribution in [1.29, 1.82) is 0 Å². The number of hydrogen-bond donors (Lipinski definition) is 0. The molecule has 0 atom stereocenters. The van der Waals surface area contributed by atoms with Gasteiger partial charge in [-0.1, -0.05) is 90.1 Å². The molecular formula is C37H44FNO2. The zero-order valence-electron chi connectivity index (χ0n) is 26.2. The molecule has 1 aromatic heterocycles. The fourth-order valence-electron chi connectivity index (χ4n) is 4.39. The summed E-state index contributed by atoms with van der Waals surface area (Å²) in [6, 6.07) is 22.9. The first kappa shape index (κ1) is 33.3. The Kier molecular flexibility index (Phi) is 12.3. The fraction of sp³-hybridized carbons (Fsp3) is 0.324. The lowest BCUT2D eigenvalue weighted by Gasteiger charge is -2.15. The molecule has 0 saturated heterocycles. The Bertz CT molecular complexity index is 1500. The van der Waals surface area contributed by atoms with Gasteiger partial charge in [0.1, 0.15) is 5.82 Å². The van der Waals surface area contributed by atoms with Crippen molar-refractivity contribution in [2.45, 2.75) is 81.1 Å². The summed E-state index contributed by atoms with van der Waals surface area (Å²) in [5, 5.41) is 0. The normalized spacial score (nSPS) is 10.5. The van der Waals surface area contributed by atoms with Gasteiger partial charge in [0, 0.05) is 27.9 Å². The number of carbonyl (C=O) groups is 2. The molecule has 0 spiro atoms. The van der Waals surface area contributed by atoms with E-state index in [4.69, 9.17) is 4.98 Å². The van der Waals surface area contributed by atoms with Crippen molar-refractivity contribution in [2.24, 2.45) is 0 Å². The van der Waals surface area contributed by atoms with E-state index >= 15 is 0 Å². The van der Waals surface area contributed by atoms with E-state index in [1.165, 1.54) is 12.5 Å². The summed E-state index contributed by atoms with van der Waals surface area (Å²) < 4.78 is 14.7. The van der Waals surface area contributed by atoms with E-state index < -0.39 is 0 Å². The fourth-order valence-corrected chi connectivity index (χ4v) is 4.39. The molecule has 0 bridgehead atoms. The minimum absolute atomic E-state index is 0.0390. The number of benzene rings is 3. The second kappa shape index (κ2) is 15.2. The average molecular weight is 554 g/mol. The maximum atomic E-state index is 14.7. The maximum Gasteiger partial charge on any atom is 0.159 e. The van der Waals surface area contributed by atoms with Gasteiger partial charge in [-0.05, 0) is 86.1 Å². The lowest BCUT2D eigenvalue weighted by molar-refractivity contribution is 0.100. The molecule has 0 unspecified atom stereocenters. The summed E-state index contributed by atoms with van der Waals surface area (Å²) in [6.07, 6.45) is 0. The predicted molar refractivity (Wildman–Crippen MR) is 171 cm³/mol. The van der Waals surface area contributed by atoms with Crippen LogP contribution in [0.2, 0.25) is 0 Å². The summed E-state index contributed by atoms with van der Waals surface area (Å²) in [6.45, 7) is 19.2. The molecule has 0 aliphatic carbocycles. The Morgan fingerprint density at radius 1 is 0.659 bits per heavy atom. The lowest BCUT2D eigenvalue weighted by atomic mass is 9.91. The number of hydrogen-bond acceptors (Lipinski definition) is 3. The smallest absolute Gasteiger partial charge is 0.159 e. The van der Waals surface area contributed by atoms with E-state index in [9.17, 15) is 14.0 Å². The quantitative estimate of drug-likeness (QED) is 0.223. The van der Waals surface area contributed by atoms with Crippen LogP contribution in [0.4, 0.5) is 4.39 Å². The molecule has 0 aliphatic rings. The standard InChI is InChI=1S/C18H19FO.C17H19NO.C2H6/c1-11(2)16-9-14(13(4)20)10-17(18(16)19)15-8-6-5-7-12(15)3;1-11(2)16-9-14(13(4)19)10-17(18-16)15-8-6-5-7-12(15)3;1-2/h5-11H,1-4H3;5-11H,1-4H3;1-2H3. The number of halogens is 1. The van der Waals surface area contributed by atoms with Crippen LogP contribution in [0.3, 0.4) is 0 Å². The summed E-state index contributed by atoms with van der Waals surface area (Å²) in [7, 11) is 0. The molecule has 0 fully saturated rings. The highest BCUT2D eigenvalue weighted by molar-refractivity contribution is 5.96. The second-order valence-corrected chi connectivity index (χ2v) is 10.6. The van der Waals surface area contributed by atoms with E-state index in [1.807, 2.05) is 89.2 Å². The minimum atomic E-state index is -0.223. The summed E-state index contributed by atoms with van der Waals surface area (Å²) in [5.41, 5.74) is 8.36. The number of aromatic nitrogens is 1. The van der Waals surface area contributed by atoms with Crippen LogP contribution in [0.5, 0.6) is 0 Å². The lowest BCUT2D eigenvalue weighted by Crippen LogP contribution is -2.02. The average Bonchev–Trinajstić information content (AvgIpc) is 2.94. The predicted octanol–water partition coefficient (Wildman–Crippen LogP) is 10.5. The van der Waals surface area contributed by atoms with Crippen LogP contribution in [-0.2, 0) is 0 Å². The SMILES string of the molecule is CC.CC(=O)c1cc(-c2ccccc2C)c(F)c(C(C)C)c1.CC(=O)c1cc(-c2ccccc2C)nc(C(C)C)c1. The molecule has 3 nitrogen and oxygen atoms in total. The van der Waals surface area contributed by atoms with Crippen molar-refractivity contribution in [3.63, 3.8) is 0 Å². The largest absolute Gasteiger partial charge is 0.295 e. The van der Waals surface area contributed by atoms with Gasteiger partial charge in [-0.2, -0.15) is 0 Å². The van der Waals surface area contributed by atoms with Crippen molar-refractivity contribution in [2.75, 3.05) is 0 Å². The van der Waals surface area contributed by atoms with Crippen LogP contribution in [0.25, 0.3) is 22.4 Å². The van der Waals surface area contributed by atoms with Gasteiger partial charge in [-0.15, -0.1) is 0 Å². The highest BCUT2D eigenvalue weighted by atomic mass is 19.1. The van der Waals surface area contributed by atoms with Crippen molar-refractivity contribution in [3.05, 3.63) is 112 Å². The molecule has 216 valence electrons. The second-order valence-electron chi connectivity index (χ2n) is 10.6. The van der Waals surface area contributed by atoms with Crippen LogP contribution in [0.15, 0.2) is 72.8 Å². The van der Waals surface area contributed by atoms with E-state index in [0.29, 0.717) is 22.6 Å². The molecule has 41 heavy (non-hydrogen) atoms. The van der Waals surface area contributed by atoms with Gasteiger partial charge >= 0.3 is 0 Å². The summed E-state index contributed by atoms with van der Waals surface area (Å²) >= 11 is 0. The van der Waals surface area contributed by atoms with E-state index in [-0.39, 0.29) is 23.3 Å². The highest BCUT2D eigenvalue weighted by Crippen LogP contribution is 2.32. The van der Waals surface area contributed by atoms with Crippen LogP contribution in [-0.4, -0.2) is 16.6 Å². The number of Topliss-reactive ketones (excluding diaryl/α,β-unsaturated/α-hetero) is 2. The number of nitrogens with zero attached hydrogens (tertiary/aromatic N) is 1. The Morgan fingerprint density at radius 2 is 1.15 bits per heavy atom. The van der Waals surface area contributed by atoms with Crippen molar-refractivity contribution in [3.8, 4) is 22.4 Å². The van der Waals surface area contributed by atoms with Crippen LogP contribution in [0, 0.1) is 19.7 Å². The topological polar surface area (TPSA) is 47.0 Å². The number of pyridine rings is 1. The van der Waals surface area contributed by atoms with Crippen molar-refractivity contribution < 1.29 is 14.0 Å². The highest BCUT2D eigenvalue weighted by Gasteiger charge is 2.17. The van der Waals surface area contributed by atoms with Crippen LogP contribution in [0.1, 0.15) is 110 Å². The van der Waals surface area contributed by atoms with E-state index in [0.717, 1.165) is 33.6 Å². The summed E-state index contributed by atoms with van der Waals surface area (Å²) in [5.74, 6) is 0.166. The van der Waals surface area contributed by atoms with Crippen LogP contribution < -0.4 is 0 Å². The third-order valence-corrected chi connectivity index (χ3v) is 6.83. The molecular weight excluding hydrogens is 509 g/mol. The molecule has 3 aromatic carbocycles. The molecule has 1 heterocycles. The number of rotatable bonds is 6. The first-order valence-corrected chi connectivity index (χ1v) is 14.4. The monoisotopic (exact) mass is 553 g/mol. The molecule has 0 amide bonds. The van der Waals surface area contributed by atoms with Crippen LogP contribution >= 0.6 is 0 Å². The number of aryl methyl sites for hydroxylation is 2. The molecule has 0 aliphatic heterocycles. The molecule has 4 heteroatoms. The first-order chi connectivity index (χ1) is 19.4. The molecule has 4 rings (SSSR count). The molecule has 0 radical (unpaired) electrons. The van der Waals surface area contributed by atoms with Gasteiger partial charge in [-0.3, -0.25) is 14.6 Å². The molecule has 4 aromatic rings. The molecule has 0 saturated carbocycles. The number of ketones is 2. The molecule has 0 N–H and O–H groups in total. The third kappa shape index (κ3) is 8.53. The van der Waals surface area contributed by atoms with Crippen molar-refractivity contribution >= 4 is 11.6 Å². The van der Waals surface area contributed by atoms with Gasteiger partial charge in [0.2, 0.25) is 0 Å². The van der Waals surface area contributed by atoms with Gasteiger partial charge in [0.15, 0.2) is 11.6 Å².